The smallest absolute Gasteiger partial charge is 0.169 e. The number of ether oxygens (including phenoxy) is 1. The van der Waals surface area contributed by atoms with Gasteiger partial charge >= 0.3 is 0 Å². The molecule has 6 heteroatoms. The molecule has 0 amide bonds. The van der Waals surface area contributed by atoms with Crippen LogP contribution in [-0.4, -0.2) is 26.3 Å². The van der Waals surface area contributed by atoms with E-state index in [1.54, 1.807) is 12.0 Å². The quantitative estimate of drug-likeness (QED) is 0.811. The van der Waals surface area contributed by atoms with Crippen LogP contribution in [0.25, 0.3) is 0 Å². The first kappa shape index (κ1) is 14.9. The fraction of sp³-hybridized carbons (Fsp3) is 0.500. The Labute approximate surface area is 112 Å². The molecular formula is C12H19ClFN3O. The predicted octanol–water partition coefficient (Wildman–Crippen LogP) is 2.50. The van der Waals surface area contributed by atoms with Crippen molar-refractivity contribution < 1.29 is 9.13 Å². The molecule has 1 atom stereocenters. The Morgan fingerprint density at radius 1 is 1.44 bits per heavy atom. The van der Waals surface area contributed by atoms with E-state index in [2.05, 4.69) is 0 Å². The average molecular weight is 276 g/mol. The van der Waals surface area contributed by atoms with Gasteiger partial charge in [-0.25, -0.2) is 4.39 Å². The molecule has 0 aliphatic heterocycles. The molecule has 4 nitrogen and oxygen atoms in total. The first-order valence-corrected chi connectivity index (χ1v) is 6.10. The van der Waals surface area contributed by atoms with Crippen LogP contribution in [0, 0.1) is 5.82 Å². The maximum atomic E-state index is 14.2. The third kappa shape index (κ3) is 2.79. The molecule has 0 fully saturated rings. The van der Waals surface area contributed by atoms with Gasteiger partial charge in [0, 0.05) is 19.7 Å². The highest BCUT2D eigenvalue weighted by Crippen LogP contribution is 2.36. The van der Waals surface area contributed by atoms with Gasteiger partial charge in [-0.2, -0.15) is 0 Å². The summed E-state index contributed by atoms with van der Waals surface area (Å²) < 4.78 is 19.3. The second kappa shape index (κ2) is 6.11. The Balaban J connectivity index is 3.25. The highest BCUT2D eigenvalue weighted by atomic mass is 35.5. The maximum absolute atomic E-state index is 14.2. The van der Waals surface area contributed by atoms with Gasteiger partial charge in [0.25, 0.3) is 0 Å². The molecule has 1 aromatic rings. The Morgan fingerprint density at radius 3 is 2.56 bits per heavy atom. The summed E-state index contributed by atoms with van der Waals surface area (Å²) in [4.78, 5) is 1.81. The van der Waals surface area contributed by atoms with E-state index in [-0.39, 0.29) is 28.1 Å². The van der Waals surface area contributed by atoms with Crippen molar-refractivity contribution in [3.63, 3.8) is 0 Å². The van der Waals surface area contributed by atoms with Crippen molar-refractivity contribution in [1.82, 2.24) is 0 Å². The summed E-state index contributed by atoms with van der Waals surface area (Å²) in [6.07, 6.45) is 0. The van der Waals surface area contributed by atoms with Crippen LogP contribution >= 0.6 is 11.6 Å². The number of nitrogen functional groups attached to an aromatic ring is 2. The normalized spacial score (nSPS) is 12.5. The lowest BCUT2D eigenvalue weighted by Gasteiger charge is -2.31. The lowest BCUT2D eigenvalue weighted by atomic mass is 10.1. The van der Waals surface area contributed by atoms with Crippen molar-refractivity contribution in [2.45, 2.75) is 19.9 Å². The topological polar surface area (TPSA) is 64.5 Å². The first-order valence-electron chi connectivity index (χ1n) is 5.72. The van der Waals surface area contributed by atoms with Crippen LogP contribution in [0.3, 0.4) is 0 Å². The summed E-state index contributed by atoms with van der Waals surface area (Å²) in [5.41, 5.74) is 12.1. The molecule has 0 bridgehead atoms. The van der Waals surface area contributed by atoms with Crippen molar-refractivity contribution in [3.05, 3.63) is 16.9 Å². The molecule has 1 aromatic carbocycles. The fourth-order valence-electron chi connectivity index (χ4n) is 1.97. The van der Waals surface area contributed by atoms with Gasteiger partial charge in [-0.1, -0.05) is 11.6 Å². The largest absolute Gasteiger partial charge is 0.397 e. The maximum Gasteiger partial charge on any atom is 0.169 e. The van der Waals surface area contributed by atoms with Gasteiger partial charge in [-0.3, -0.25) is 0 Å². The minimum Gasteiger partial charge on any atom is -0.397 e. The summed E-state index contributed by atoms with van der Waals surface area (Å²) >= 11 is 5.82. The van der Waals surface area contributed by atoms with Gasteiger partial charge in [-0.15, -0.1) is 0 Å². The highest BCUT2D eigenvalue weighted by Gasteiger charge is 2.22. The van der Waals surface area contributed by atoms with Gasteiger partial charge < -0.3 is 21.1 Å². The predicted molar refractivity (Wildman–Crippen MR) is 74.6 cm³/mol. The molecular weight excluding hydrogens is 257 g/mol. The number of halogens is 2. The molecule has 1 rings (SSSR count). The Bertz CT molecular complexity index is 428. The average Bonchev–Trinajstić information content (AvgIpc) is 2.32. The first-order chi connectivity index (χ1) is 8.43. The lowest BCUT2D eigenvalue weighted by Crippen LogP contribution is -2.37. The Kier molecular flexibility index (Phi) is 5.04. The number of hydrogen-bond acceptors (Lipinski definition) is 4. The minimum atomic E-state index is -0.584. The SMILES string of the molecule is CCN(c1c(N)cc(N)c(Cl)c1F)C(C)COC. The monoisotopic (exact) mass is 275 g/mol. The Hall–Kier alpha value is -1.20. The molecule has 0 saturated heterocycles. The molecule has 0 aromatic heterocycles. The zero-order valence-corrected chi connectivity index (χ0v) is 11.6. The van der Waals surface area contributed by atoms with E-state index < -0.39 is 5.82 Å². The highest BCUT2D eigenvalue weighted by molar-refractivity contribution is 6.33. The molecule has 4 N–H and O–H groups in total. The van der Waals surface area contributed by atoms with Crippen molar-refractivity contribution >= 4 is 28.7 Å². The number of hydrogen-bond donors (Lipinski definition) is 2. The lowest BCUT2D eigenvalue weighted by molar-refractivity contribution is 0.181. The molecule has 0 aliphatic carbocycles. The van der Waals surface area contributed by atoms with Crippen molar-refractivity contribution in [3.8, 4) is 0 Å². The number of likely N-dealkylation sites (N-methyl/N-ethyl adjacent to an activating group) is 1. The molecule has 0 spiro atoms. The summed E-state index contributed by atoms with van der Waals surface area (Å²) in [5.74, 6) is -0.584. The number of rotatable bonds is 5. The second-order valence-corrected chi connectivity index (χ2v) is 4.50. The number of anilines is 3. The second-order valence-electron chi connectivity index (χ2n) is 4.12. The molecule has 0 heterocycles. The van der Waals surface area contributed by atoms with Gasteiger partial charge in [0.15, 0.2) is 5.82 Å². The van der Waals surface area contributed by atoms with E-state index in [1.165, 1.54) is 6.07 Å². The molecule has 102 valence electrons. The third-order valence-electron chi connectivity index (χ3n) is 2.81. The van der Waals surface area contributed by atoms with Gasteiger partial charge in [0.1, 0.15) is 5.02 Å². The van der Waals surface area contributed by atoms with Crippen LogP contribution in [0.5, 0.6) is 0 Å². The Morgan fingerprint density at radius 2 is 2.06 bits per heavy atom. The molecule has 0 aliphatic rings. The van der Waals surface area contributed by atoms with Crippen LogP contribution in [0.15, 0.2) is 6.07 Å². The van der Waals surface area contributed by atoms with Crippen LogP contribution in [0.1, 0.15) is 13.8 Å². The van der Waals surface area contributed by atoms with E-state index in [0.29, 0.717) is 13.2 Å². The van der Waals surface area contributed by atoms with E-state index in [4.69, 9.17) is 27.8 Å². The van der Waals surface area contributed by atoms with E-state index in [0.717, 1.165) is 0 Å². The molecule has 1 unspecified atom stereocenters. The van der Waals surface area contributed by atoms with E-state index >= 15 is 0 Å². The summed E-state index contributed by atoms with van der Waals surface area (Å²) in [5, 5.41) is -0.0951. The summed E-state index contributed by atoms with van der Waals surface area (Å²) in [6, 6.07) is 1.46. The zero-order valence-electron chi connectivity index (χ0n) is 10.8. The van der Waals surface area contributed by atoms with Crippen LogP contribution < -0.4 is 16.4 Å². The zero-order chi connectivity index (χ0) is 13.9. The number of methoxy groups -OCH3 is 1. The molecule has 0 radical (unpaired) electrons. The summed E-state index contributed by atoms with van der Waals surface area (Å²) in [6.45, 7) is 4.89. The molecule has 18 heavy (non-hydrogen) atoms. The van der Waals surface area contributed by atoms with Crippen LogP contribution in [-0.2, 0) is 4.74 Å². The van der Waals surface area contributed by atoms with Crippen molar-refractivity contribution in [2.75, 3.05) is 36.6 Å². The molecule has 0 saturated carbocycles. The third-order valence-corrected chi connectivity index (χ3v) is 3.19. The van der Waals surface area contributed by atoms with Crippen LogP contribution in [0.4, 0.5) is 21.5 Å². The van der Waals surface area contributed by atoms with Crippen molar-refractivity contribution in [1.29, 1.82) is 0 Å². The van der Waals surface area contributed by atoms with E-state index in [9.17, 15) is 4.39 Å². The summed E-state index contributed by atoms with van der Waals surface area (Å²) in [7, 11) is 1.60. The van der Waals surface area contributed by atoms with Gasteiger partial charge in [0.2, 0.25) is 0 Å². The number of nitrogens with zero attached hydrogens (tertiary/aromatic N) is 1. The van der Waals surface area contributed by atoms with Gasteiger partial charge in [-0.05, 0) is 19.9 Å². The minimum absolute atomic E-state index is 0.0171. The van der Waals surface area contributed by atoms with Crippen molar-refractivity contribution in [2.24, 2.45) is 0 Å². The van der Waals surface area contributed by atoms with Gasteiger partial charge in [0.05, 0.1) is 23.7 Å². The number of nitrogens with two attached hydrogens (primary N) is 2. The van der Waals surface area contributed by atoms with E-state index in [1.807, 2.05) is 13.8 Å². The van der Waals surface area contributed by atoms with Crippen LogP contribution in [0.2, 0.25) is 5.02 Å². The fourth-order valence-corrected chi connectivity index (χ4v) is 2.11. The standard InChI is InChI=1S/C12H19ClFN3O/c1-4-17(7(2)6-18-3)12-9(16)5-8(15)10(13)11(12)14/h5,7H,4,6,15-16H2,1-3H3. The number of benzene rings is 1.